The Bertz CT molecular complexity index is 720. The number of unbranched alkanes of at least 4 members (excludes halogenated alkanes) is 6. The van der Waals surface area contributed by atoms with Gasteiger partial charge < -0.3 is 9.47 Å². The van der Waals surface area contributed by atoms with Crippen LogP contribution in [0.15, 0.2) is 55.1 Å². The van der Waals surface area contributed by atoms with Crippen LogP contribution in [0.25, 0.3) is 5.57 Å². The molecule has 2 heteroatoms. The summed E-state index contributed by atoms with van der Waals surface area (Å²) >= 11 is 0. The topological polar surface area (TPSA) is 18.5 Å². The molecule has 0 atom stereocenters. The van der Waals surface area contributed by atoms with Crippen LogP contribution in [0.1, 0.15) is 90.2 Å². The Morgan fingerprint density at radius 3 is 1.77 bits per heavy atom. The third kappa shape index (κ3) is 12.9. The maximum absolute atomic E-state index is 5.70. The first-order valence-corrected chi connectivity index (χ1v) is 12.2. The number of allylic oxidation sites excluding steroid dienone is 1. The zero-order valence-electron chi connectivity index (χ0n) is 20.4. The molecule has 2 nitrogen and oxygen atoms in total. The molecule has 2 aromatic rings. The van der Waals surface area contributed by atoms with Gasteiger partial charge in [-0.2, -0.15) is 0 Å². The lowest BCUT2D eigenvalue weighted by Gasteiger charge is -2.07. The maximum atomic E-state index is 5.70. The first kappa shape index (κ1) is 26.8. The molecule has 0 radical (unpaired) electrons. The van der Waals surface area contributed by atoms with E-state index in [1.807, 2.05) is 25.1 Å². The summed E-state index contributed by atoms with van der Waals surface area (Å²) in [6, 6.07) is 16.5. The second-order valence-electron chi connectivity index (χ2n) is 8.13. The lowest BCUT2D eigenvalue weighted by molar-refractivity contribution is 0.304. The van der Waals surface area contributed by atoms with Crippen molar-refractivity contribution in [1.29, 1.82) is 0 Å². The Balaban J connectivity index is 0.000000311. The minimum atomic E-state index is 0.819. The Hall–Kier alpha value is -2.22. The van der Waals surface area contributed by atoms with Gasteiger partial charge in [0.25, 0.3) is 0 Å². The van der Waals surface area contributed by atoms with Gasteiger partial charge in [-0.15, -0.1) is 0 Å². The average Bonchev–Trinajstić information content (AvgIpc) is 2.79. The van der Waals surface area contributed by atoms with E-state index in [1.165, 1.54) is 50.5 Å². The second kappa shape index (κ2) is 17.5. The van der Waals surface area contributed by atoms with E-state index in [2.05, 4.69) is 57.7 Å². The van der Waals surface area contributed by atoms with Crippen molar-refractivity contribution in [2.75, 3.05) is 13.2 Å². The van der Waals surface area contributed by atoms with Crippen LogP contribution >= 0.6 is 0 Å². The summed E-state index contributed by atoms with van der Waals surface area (Å²) < 4.78 is 11.4. The van der Waals surface area contributed by atoms with Gasteiger partial charge in [-0.3, -0.25) is 0 Å². The van der Waals surface area contributed by atoms with Crippen molar-refractivity contribution in [2.24, 2.45) is 0 Å². The van der Waals surface area contributed by atoms with Crippen molar-refractivity contribution in [2.45, 2.75) is 85.5 Å². The SMILES string of the molecule is C=C(C)c1cccc(OCCCCCC)c1.CCCCCCOc1cccc(CC)c1. The monoisotopic (exact) mass is 424 g/mol. The quantitative estimate of drug-likeness (QED) is 0.282. The molecule has 0 saturated carbocycles. The van der Waals surface area contributed by atoms with Crippen molar-refractivity contribution in [3.05, 3.63) is 66.2 Å². The van der Waals surface area contributed by atoms with Crippen LogP contribution < -0.4 is 9.47 Å². The predicted molar refractivity (Wildman–Crippen MR) is 136 cm³/mol. The minimum absolute atomic E-state index is 0.819. The molecule has 0 spiro atoms. The molecule has 0 aliphatic rings. The summed E-state index contributed by atoms with van der Waals surface area (Å²) in [6.07, 6.45) is 11.1. The van der Waals surface area contributed by atoms with Gasteiger partial charge in [0.05, 0.1) is 13.2 Å². The standard InChI is InChI=1S/C15H22O.C14H22O/c1-4-5-6-7-11-16-15-10-8-9-14(12-15)13(2)3;1-3-5-6-7-11-15-14-10-8-9-13(4-2)12-14/h8-10,12H,2,4-7,11H2,1,3H3;8-10,12H,3-7,11H2,1-2H3. The molecule has 0 aliphatic heterocycles. The fraction of sp³-hybridized carbons (Fsp3) is 0.517. The summed E-state index contributed by atoms with van der Waals surface area (Å²) in [7, 11) is 0. The lowest BCUT2D eigenvalue weighted by atomic mass is 10.1. The number of aryl methyl sites for hydroxylation is 1. The third-order valence-corrected chi connectivity index (χ3v) is 5.17. The van der Waals surface area contributed by atoms with Crippen LogP contribution in [0, 0.1) is 0 Å². The van der Waals surface area contributed by atoms with Gasteiger partial charge in [-0.1, -0.05) is 95.7 Å². The Kier molecular flexibility index (Phi) is 15.1. The summed E-state index contributed by atoms with van der Waals surface area (Å²) in [5, 5.41) is 0. The van der Waals surface area contributed by atoms with Crippen LogP contribution in [-0.2, 0) is 6.42 Å². The van der Waals surface area contributed by atoms with Gasteiger partial charge >= 0.3 is 0 Å². The van der Waals surface area contributed by atoms with Gasteiger partial charge in [0, 0.05) is 0 Å². The highest BCUT2D eigenvalue weighted by Gasteiger charge is 1.98. The van der Waals surface area contributed by atoms with Gasteiger partial charge in [0.15, 0.2) is 0 Å². The van der Waals surface area contributed by atoms with E-state index < -0.39 is 0 Å². The number of rotatable bonds is 14. The van der Waals surface area contributed by atoms with Gasteiger partial charge in [-0.25, -0.2) is 0 Å². The summed E-state index contributed by atoms with van der Waals surface area (Å²) in [4.78, 5) is 0. The molecule has 2 aromatic carbocycles. The summed E-state index contributed by atoms with van der Waals surface area (Å²) in [5.41, 5.74) is 3.59. The predicted octanol–water partition coefficient (Wildman–Crippen LogP) is 8.89. The number of hydrogen-bond donors (Lipinski definition) is 0. The van der Waals surface area contributed by atoms with E-state index in [1.54, 1.807) is 0 Å². The van der Waals surface area contributed by atoms with Crippen molar-refractivity contribution >= 4 is 5.57 Å². The fourth-order valence-electron chi connectivity index (χ4n) is 3.14. The highest BCUT2D eigenvalue weighted by Crippen LogP contribution is 2.19. The van der Waals surface area contributed by atoms with Crippen LogP contribution in [0.4, 0.5) is 0 Å². The largest absolute Gasteiger partial charge is 0.494 e. The summed E-state index contributed by atoms with van der Waals surface area (Å²) in [5.74, 6) is 1.97. The molecule has 0 aromatic heterocycles. The van der Waals surface area contributed by atoms with Crippen molar-refractivity contribution in [1.82, 2.24) is 0 Å². The molecule has 0 bridgehead atoms. The lowest BCUT2D eigenvalue weighted by Crippen LogP contribution is -1.97. The van der Waals surface area contributed by atoms with Gasteiger partial charge in [0.1, 0.15) is 11.5 Å². The number of ether oxygens (including phenoxy) is 2. The highest BCUT2D eigenvalue weighted by atomic mass is 16.5. The molecule has 0 saturated heterocycles. The van der Waals surface area contributed by atoms with Crippen LogP contribution in [0.3, 0.4) is 0 Å². The number of hydrogen-bond acceptors (Lipinski definition) is 2. The molecular weight excluding hydrogens is 380 g/mol. The molecule has 0 fully saturated rings. The van der Waals surface area contributed by atoms with Crippen LogP contribution in [0.5, 0.6) is 11.5 Å². The molecule has 31 heavy (non-hydrogen) atoms. The van der Waals surface area contributed by atoms with E-state index in [0.29, 0.717) is 0 Å². The van der Waals surface area contributed by atoms with Gasteiger partial charge in [0.2, 0.25) is 0 Å². The van der Waals surface area contributed by atoms with Crippen molar-refractivity contribution in [3.8, 4) is 11.5 Å². The molecule has 2 rings (SSSR count). The van der Waals surface area contributed by atoms with Gasteiger partial charge in [-0.05, 0) is 61.6 Å². The van der Waals surface area contributed by atoms with E-state index in [0.717, 1.165) is 48.7 Å². The molecule has 0 heterocycles. The molecule has 0 amide bonds. The number of benzene rings is 2. The van der Waals surface area contributed by atoms with E-state index in [-0.39, 0.29) is 0 Å². The summed E-state index contributed by atoms with van der Waals surface area (Å²) in [6.45, 7) is 14.2. The van der Waals surface area contributed by atoms with Crippen molar-refractivity contribution < 1.29 is 9.47 Å². The fourth-order valence-corrected chi connectivity index (χ4v) is 3.14. The molecule has 0 N–H and O–H groups in total. The van der Waals surface area contributed by atoms with E-state index >= 15 is 0 Å². The molecule has 172 valence electrons. The first-order valence-electron chi connectivity index (χ1n) is 12.2. The Morgan fingerprint density at radius 2 is 1.26 bits per heavy atom. The molecule has 0 unspecified atom stereocenters. The van der Waals surface area contributed by atoms with Crippen molar-refractivity contribution in [3.63, 3.8) is 0 Å². The second-order valence-corrected chi connectivity index (χ2v) is 8.13. The van der Waals surface area contributed by atoms with Crippen LogP contribution in [-0.4, -0.2) is 13.2 Å². The minimum Gasteiger partial charge on any atom is -0.494 e. The Morgan fingerprint density at radius 1 is 0.710 bits per heavy atom. The first-order chi connectivity index (χ1) is 15.1. The maximum Gasteiger partial charge on any atom is 0.119 e. The normalized spacial score (nSPS) is 10.2. The van der Waals surface area contributed by atoms with Crippen LogP contribution in [0.2, 0.25) is 0 Å². The van der Waals surface area contributed by atoms with E-state index in [9.17, 15) is 0 Å². The zero-order valence-corrected chi connectivity index (χ0v) is 20.4. The molecular formula is C29H44O2. The average molecular weight is 425 g/mol. The highest BCUT2D eigenvalue weighted by molar-refractivity contribution is 5.62. The van der Waals surface area contributed by atoms with E-state index in [4.69, 9.17) is 9.47 Å². The molecule has 0 aliphatic carbocycles. The smallest absolute Gasteiger partial charge is 0.119 e. The zero-order chi connectivity index (χ0) is 22.7. The third-order valence-electron chi connectivity index (χ3n) is 5.17. The Labute approximate surface area is 191 Å².